The summed E-state index contributed by atoms with van der Waals surface area (Å²) in [7, 11) is 0. The van der Waals surface area contributed by atoms with E-state index in [9.17, 15) is 14.7 Å². The van der Waals surface area contributed by atoms with Crippen LogP contribution in [0.25, 0.3) is 16.9 Å². The maximum atomic E-state index is 13.4. The quantitative estimate of drug-likeness (QED) is 0.596. The molecule has 0 spiro atoms. The zero-order chi connectivity index (χ0) is 23.4. The molecule has 0 bridgehead atoms. The molecule has 2 N–H and O–H groups in total. The number of amides is 2. The molecule has 6 rings (SSSR count). The van der Waals surface area contributed by atoms with E-state index in [2.05, 4.69) is 16.1 Å². The molecule has 0 radical (unpaired) electrons. The lowest BCUT2D eigenvalue weighted by Crippen LogP contribution is -2.56. The van der Waals surface area contributed by atoms with Crippen LogP contribution in [-0.2, 0) is 4.79 Å². The molecule has 3 aliphatic rings. The number of nitrogens with one attached hydrogen (secondary N) is 1. The second-order valence-corrected chi connectivity index (χ2v) is 10.1. The molecule has 178 valence electrons. The predicted octanol–water partition coefficient (Wildman–Crippen LogP) is 3.45. The Morgan fingerprint density at radius 2 is 1.91 bits per heavy atom. The molecule has 2 saturated carbocycles. The summed E-state index contributed by atoms with van der Waals surface area (Å²) in [5.41, 5.74) is 3.88. The Morgan fingerprint density at radius 3 is 2.59 bits per heavy atom. The normalized spacial score (nSPS) is 23.6. The highest BCUT2D eigenvalue weighted by Gasteiger charge is 2.35. The van der Waals surface area contributed by atoms with Gasteiger partial charge in [-0.05, 0) is 74.3 Å². The summed E-state index contributed by atoms with van der Waals surface area (Å²) in [6.45, 7) is 0.972. The van der Waals surface area contributed by atoms with Gasteiger partial charge in [-0.15, -0.1) is 0 Å². The monoisotopic (exact) mass is 481 g/mol. The number of H-pyrrole nitrogens is 1. The smallest absolute Gasteiger partial charge is 0.276 e. The molecule has 3 aromatic rings. The molecular formula is C25H28ClN5O3. The highest BCUT2D eigenvalue weighted by Crippen LogP contribution is 2.42. The Kier molecular flexibility index (Phi) is 5.37. The lowest BCUT2D eigenvalue weighted by Gasteiger charge is -2.41. The van der Waals surface area contributed by atoms with Crippen LogP contribution in [-0.4, -0.2) is 73.1 Å². The Hall–Kier alpha value is -2.84. The fourth-order valence-corrected chi connectivity index (χ4v) is 5.63. The molecule has 2 aliphatic carbocycles. The first-order chi connectivity index (χ1) is 16.5. The lowest BCUT2D eigenvalue weighted by molar-refractivity contribution is -0.138. The minimum atomic E-state index is -0.314. The van der Waals surface area contributed by atoms with E-state index in [-0.39, 0.29) is 36.2 Å². The Labute approximate surface area is 202 Å². The number of aliphatic hydroxyl groups is 1. The second kappa shape index (κ2) is 8.43. The lowest BCUT2D eigenvalue weighted by atomic mass is 9.91. The predicted molar refractivity (Wildman–Crippen MR) is 128 cm³/mol. The largest absolute Gasteiger partial charge is 0.393 e. The second-order valence-electron chi connectivity index (χ2n) is 9.77. The van der Waals surface area contributed by atoms with Crippen LogP contribution in [0.4, 0.5) is 0 Å². The maximum Gasteiger partial charge on any atom is 0.276 e. The third-order valence-corrected chi connectivity index (χ3v) is 7.85. The molecule has 0 atom stereocenters. The van der Waals surface area contributed by atoms with E-state index in [0.717, 1.165) is 49.9 Å². The zero-order valence-corrected chi connectivity index (χ0v) is 19.7. The topological polar surface area (TPSA) is 93.9 Å². The third kappa shape index (κ3) is 3.79. The van der Waals surface area contributed by atoms with Gasteiger partial charge in [0.05, 0.1) is 28.0 Å². The number of piperazine rings is 1. The van der Waals surface area contributed by atoms with Crippen LogP contribution in [0.15, 0.2) is 30.5 Å². The fourth-order valence-electron chi connectivity index (χ4n) is 5.37. The van der Waals surface area contributed by atoms with Crippen LogP contribution < -0.4 is 0 Å². The van der Waals surface area contributed by atoms with Crippen LogP contribution >= 0.6 is 11.6 Å². The molecule has 0 aromatic carbocycles. The summed E-state index contributed by atoms with van der Waals surface area (Å²) >= 11 is 6.74. The molecule has 0 unspecified atom stereocenters. The Morgan fingerprint density at radius 1 is 1.12 bits per heavy atom. The standard InChI is InChI=1S/C25H28ClN5O3/c26-23-21-13-16(15-3-4-15)12-20(19-2-1-9-27-19)31(21)28-24(23)25(34)29-10-11-30(22(33)14-29)17-5-7-18(32)8-6-17/h1-2,9,12-13,15,17-18,27,32H,3-8,10-11,14H2/t17-,18-. The van der Waals surface area contributed by atoms with Crippen molar-refractivity contribution in [3.05, 3.63) is 46.7 Å². The Balaban J connectivity index is 1.28. The van der Waals surface area contributed by atoms with Gasteiger partial charge in [0, 0.05) is 25.3 Å². The number of hydrogen-bond donors (Lipinski definition) is 2. The SMILES string of the molecule is O=C(c1nn2c(-c3ccc[nH]3)cc(C3CC3)cc2c1Cl)N1CCN([C@H]2CC[C@H](O)CC2)C(=O)C1. The number of aliphatic hydroxyl groups excluding tert-OH is 1. The van der Waals surface area contributed by atoms with E-state index in [0.29, 0.717) is 29.5 Å². The van der Waals surface area contributed by atoms with Crippen molar-refractivity contribution < 1.29 is 14.7 Å². The average molecular weight is 482 g/mol. The number of fused-ring (bicyclic) bond motifs is 1. The number of aromatic amines is 1. The van der Waals surface area contributed by atoms with Crippen molar-refractivity contribution in [2.24, 2.45) is 0 Å². The molecular weight excluding hydrogens is 454 g/mol. The Bertz CT molecular complexity index is 1240. The number of nitrogens with zero attached hydrogens (tertiary/aromatic N) is 4. The number of aromatic nitrogens is 3. The minimum Gasteiger partial charge on any atom is -0.393 e. The van der Waals surface area contributed by atoms with Gasteiger partial charge in [-0.25, -0.2) is 4.52 Å². The first kappa shape index (κ1) is 21.7. The zero-order valence-electron chi connectivity index (χ0n) is 18.9. The van der Waals surface area contributed by atoms with E-state index in [4.69, 9.17) is 11.6 Å². The first-order valence-electron chi connectivity index (χ1n) is 12.1. The van der Waals surface area contributed by atoms with Gasteiger partial charge < -0.3 is 19.9 Å². The van der Waals surface area contributed by atoms with Gasteiger partial charge in [0.15, 0.2) is 5.69 Å². The highest BCUT2D eigenvalue weighted by atomic mass is 35.5. The van der Waals surface area contributed by atoms with E-state index < -0.39 is 0 Å². The first-order valence-corrected chi connectivity index (χ1v) is 12.5. The average Bonchev–Trinajstić information content (AvgIpc) is 3.45. The summed E-state index contributed by atoms with van der Waals surface area (Å²) in [6, 6.07) is 8.22. The number of halogens is 1. The van der Waals surface area contributed by atoms with E-state index in [1.165, 1.54) is 5.56 Å². The highest BCUT2D eigenvalue weighted by molar-refractivity contribution is 6.37. The van der Waals surface area contributed by atoms with E-state index in [1.54, 1.807) is 9.42 Å². The number of pyridine rings is 1. The van der Waals surface area contributed by atoms with Gasteiger partial charge in [0.25, 0.3) is 5.91 Å². The van der Waals surface area contributed by atoms with Gasteiger partial charge >= 0.3 is 0 Å². The number of carbonyl (C=O) groups excluding carboxylic acids is 2. The molecule has 9 heteroatoms. The molecule has 1 aliphatic heterocycles. The summed E-state index contributed by atoms with van der Waals surface area (Å²) < 4.78 is 1.73. The summed E-state index contributed by atoms with van der Waals surface area (Å²) in [5.74, 6) is 0.158. The molecule has 3 aromatic heterocycles. The van der Waals surface area contributed by atoms with Crippen molar-refractivity contribution in [1.82, 2.24) is 24.4 Å². The molecule has 8 nitrogen and oxygen atoms in total. The minimum absolute atomic E-state index is 0.0267. The van der Waals surface area contributed by atoms with Crippen molar-refractivity contribution in [2.75, 3.05) is 19.6 Å². The molecule has 3 fully saturated rings. The van der Waals surface area contributed by atoms with Crippen LogP contribution in [0.1, 0.15) is 60.5 Å². The van der Waals surface area contributed by atoms with Crippen molar-refractivity contribution >= 4 is 28.9 Å². The van der Waals surface area contributed by atoms with Gasteiger partial charge in [-0.1, -0.05) is 11.6 Å². The summed E-state index contributed by atoms with van der Waals surface area (Å²) in [5, 5.41) is 14.7. The number of rotatable bonds is 4. The van der Waals surface area contributed by atoms with Gasteiger partial charge in [-0.3, -0.25) is 9.59 Å². The molecule has 2 amide bonds. The fraction of sp³-hybridized carbons (Fsp3) is 0.480. The van der Waals surface area contributed by atoms with Gasteiger partial charge in [0.1, 0.15) is 6.54 Å². The van der Waals surface area contributed by atoms with Crippen LogP contribution in [0.2, 0.25) is 5.02 Å². The van der Waals surface area contributed by atoms with Crippen LogP contribution in [0, 0.1) is 0 Å². The van der Waals surface area contributed by atoms with E-state index in [1.807, 2.05) is 29.3 Å². The molecule has 4 heterocycles. The summed E-state index contributed by atoms with van der Waals surface area (Å²) in [6.07, 6.45) is 6.98. The molecule has 34 heavy (non-hydrogen) atoms. The van der Waals surface area contributed by atoms with E-state index >= 15 is 0 Å². The molecule has 1 saturated heterocycles. The van der Waals surface area contributed by atoms with Crippen molar-refractivity contribution in [3.8, 4) is 11.4 Å². The van der Waals surface area contributed by atoms with Crippen molar-refractivity contribution in [3.63, 3.8) is 0 Å². The number of carbonyl (C=O) groups is 2. The van der Waals surface area contributed by atoms with Gasteiger partial charge in [-0.2, -0.15) is 5.10 Å². The summed E-state index contributed by atoms with van der Waals surface area (Å²) in [4.78, 5) is 33.0. The van der Waals surface area contributed by atoms with Crippen molar-refractivity contribution in [1.29, 1.82) is 0 Å². The maximum absolute atomic E-state index is 13.4. The third-order valence-electron chi connectivity index (χ3n) is 7.47. The van der Waals surface area contributed by atoms with Crippen molar-refractivity contribution in [2.45, 2.75) is 56.6 Å². The number of hydrogen-bond acceptors (Lipinski definition) is 4. The van der Waals surface area contributed by atoms with Crippen LogP contribution in [0.5, 0.6) is 0 Å². The van der Waals surface area contributed by atoms with Gasteiger partial charge in [0.2, 0.25) is 5.91 Å². The van der Waals surface area contributed by atoms with Crippen LogP contribution in [0.3, 0.4) is 0 Å².